The van der Waals surface area contributed by atoms with Crippen LogP contribution in [0.5, 0.6) is 11.5 Å². The van der Waals surface area contributed by atoms with Gasteiger partial charge in [-0.2, -0.15) is 0 Å². The Kier molecular flexibility index (Phi) is 4.81. The number of likely N-dealkylation sites (tertiary alicyclic amines) is 1. The van der Waals surface area contributed by atoms with Crippen LogP contribution in [-0.4, -0.2) is 30.8 Å². The molecular formula is C22H21ClN2O4. The van der Waals surface area contributed by atoms with Gasteiger partial charge in [0.2, 0.25) is 6.79 Å². The van der Waals surface area contributed by atoms with Crippen molar-refractivity contribution in [2.24, 2.45) is 0 Å². The molecule has 6 nitrogen and oxygen atoms in total. The molecular weight excluding hydrogens is 392 g/mol. The molecule has 7 heteroatoms. The third kappa shape index (κ3) is 3.91. The number of nitrogens with one attached hydrogen (secondary N) is 1. The maximum Gasteiger partial charge on any atom is 0.338 e. The standard InChI is InChI=1S/C22H21ClN2O4/c23-15-4-6-19-17(9-15)18(10-22(26)29-19)24-16-2-1-7-25(12-16)11-14-3-5-20-21(8-14)28-13-27-20/h3-6,8-10,16,24H,1-2,7,11-13H2. The third-order valence-electron chi connectivity index (χ3n) is 5.41. The Morgan fingerprint density at radius 3 is 2.93 bits per heavy atom. The Labute approximate surface area is 173 Å². The lowest BCUT2D eigenvalue weighted by Gasteiger charge is -2.33. The van der Waals surface area contributed by atoms with E-state index in [2.05, 4.69) is 22.3 Å². The fourth-order valence-electron chi connectivity index (χ4n) is 4.09. The molecule has 1 saturated heterocycles. The summed E-state index contributed by atoms with van der Waals surface area (Å²) in [6.07, 6.45) is 2.13. The van der Waals surface area contributed by atoms with Crippen molar-refractivity contribution in [1.82, 2.24) is 4.90 Å². The molecule has 2 aromatic carbocycles. The highest BCUT2D eigenvalue weighted by Gasteiger charge is 2.22. The predicted molar refractivity (Wildman–Crippen MR) is 112 cm³/mol. The second kappa shape index (κ2) is 7.61. The van der Waals surface area contributed by atoms with Crippen molar-refractivity contribution >= 4 is 28.3 Å². The van der Waals surface area contributed by atoms with Crippen LogP contribution < -0.4 is 20.4 Å². The van der Waals surface area contributed by atoms with Gasteiger partial charge in [-0.15, -0.1) is 0 Å². The van der Waals surface area contributed by atoms with Gasteiger partial charge >= 0.3 is 5.63 Å². The Bertz CT molecular complexity index is 1110. The highest BCUT2D eigenvalue weighted by molar-refractivity contribution is 6.31. The fraction of sp³-hybridized carbons (Fsp3) is 0.318. The number of piperidine rings is 1. The van der Waals surface area contributed by atoms with E-state index in [1.807, 2.05) is 12.1 Å². The van der Waals surface area contributed by atoms with Crippen LogP contribution in [0.4, 0.5) is 5.69 Å². The molecule has 1 N–H and O–H groups in total. The number of hydrogen-bond acceptors (Lipinski definition) is 6. The molecule has 1 atom stereocenters. The van der Waals surface area contributed by atoms with Crippen LogP contribution in [0.25, 0.3) is 11.0 Å². The van der Waals surface area contributed by atoms with E-state index in [0.29, 0.717) is 10.6 Å². The van der Waals surface area contributed by atoms with Crippen LogP contribution in [0.15, 0.2) is 51.7 Å². The molecule has 3 heterocycles. The highest BCUT2D eigenvalue weighted by Crippen LogP contribution is 2.33. The molecule has 150 valence electrons. The summed E-state index contributed by atoms with van der Waals surface area (Å²) in [7, 11) is 0. The molecule has 0 saturated carbocycles. The van der Waals surface area contributed by atoms with Gasteiger partial charge in [-0.05, 0) is 55.3 Å². The van der Waals surface area contributed by atoms with Gasteiger partial charge in [0.15, 0.2) is 11.5 Å². The normalized spacial score (nSPS) is 18.9. The first kappa shape index (κ1) is 18.3. The van der Waals surface area contributed by atoms with Crippen molar-refractivity contribution in [2.45, 2.75) is 25.4 Å². The third-order valence-corrected chi connectivity index (χ3v) is 5.65. The average Bonchev–Trinajstić information content (AvgIpc) is 3.17. The Morgan fingerprint density at radius 1 is 1.10 bits per heavy atom. The van der Waals surface area contributed by atoms with Crippen LogP contribution in [0.1, 0.15) is 18.4 Å². The van der Waals surface area contributed by atoms with E-state index >= 15 is 0 Å². The topological polar surface area (TPSA) is 63.9 Å². The number of rotatable bonds is 4. The molecule has 0 spiro atoms. The number of ether oxygens (including phenoxy) is 2. The number of hydrogen-bond donors (Lipinski definition) is 1. The van der Waals surface area contributed by atoms with Crippen molar-refractivity contribution in [3.63, 3.8) is 0 Å². The van der Waals surface area contributed by atoms with Crippen molar-refractivity contribution in [3.8, 4) is 11.5 Å². The van der Waals surface area contributed by atoms with E-state index in [1.165, 1.54) is 11.6 Å². The summed E-state index contributed by atoms with van der Waals surface area (Å²) in [6.45, 7) is 3.06. The number of nitrogens with zero attached hydrogens (tertiary/aromatic N) is 1. The van der Waals surface area contributed by atoms with Crippen LogP contribution in [0, 0.1) is 0 Å². The second-order valence-electron chi connectivity index (χ2n) is 7.53. The molecule has 3 aromatic rings. The minimum absolute atomic E-state index is 0.238. The fourth-order valence-corrected chi connectivity index (χ4v) is 4.26. The maximum absolute atomic E-state index is 12.0. The van der Waals surface area contributed by atoms with E-state index in [0.717, 1.165) is 55.0 Å². The molecule has 5 rings (SSSR count). The van der Waals surface area contributed by atoms with Gasteiger partial charge in [0.05, 0.1) is 5.69 Å². The number of anilines is 1. The summed E-state index contributed by atoms with van der Waals surface area (Å²) < 4.78 is 16.2. The number of halogens is 1. The van der Waals surface area contributed by atoms with Gasteiger partial charge < -0.3 is 19.2 Å². The minimum atomic E-state index is -0.365. The first-order valence-electron chi connectivity index (χ1n) is 9.75. The van der Waals surface area contributed by atoms with Crippen LogP contribution in [0.2, 0.25) is 5.02 Å². The van der Waals surface area contributed by atoms with E-state index < -0.39 is 0 Å². The largest absolute Gasteiger partial charge is 0.454 e. The van der Waals surface area contributed by atoms with Crippen LogP contribution >= 0.6 is 11.6 Å². The predicted octanol–water partition coefficient (Wildman–Crippen LogP) is 4.25. The highest BCUT2D eigenvalue weighted by atomic mass is 35.5. The SMILES string of the molecule is O=c1cc(NC2CCCN(Cc3ccc4c(c3)OCO4)C2)c2cc(Cl)ccc2o1. The molecule has 2 aliphatic heterocycles. The summed E-state index contributed by atoms with van der Waals surface area (Å²) in [5.41, 5.74) is 2.15. The zero-order valence-electron chi connectivity index (χ0n) is 15.8. The quantitative estimate of drug-likeness (QED) is 0.646. The van der Waals surface area contributed by atoms with Crippen LogP contribution in [0.3, 0.4) is 0 Å². The van der Waals surface area contributed by atoms with Gasteiger partial charge in [0.25, 0.3) is 0 Å². The lowest BCUT2D eigenvalue weighted by atomic mass is 10.0. The summed E-state index contributed by atoms with van der Waals surface area (Å²) in [5, 5.41) is 4.98. The van der Waals surface area contributed by atoms with Crippen molar-refractivity contribution < 1.29 is 13.9 Å². The Hall–Kier alpha value is -2.70. The number of benzene rings is 2. The van der Waals surface area contributed by atoms with E-state index in [1.54, 1.807) is 12.1 Å². The molecule has 0 radical (unpaired) electrons. The molecule has 1 unspecified atom stereocenters. The lowest BCUT2D eigenvalue weighted by Crippen LogP contribution is -2.41. The monoisotopic (exact) mass is 412 g/mol. The zero-order valence-corrected chi connectivity index (χ0v) is 16.6. The average molecular weight is 413 g/mol. The van der Waals surface area contributed by atoms with Gasteiger partial charge in [-0.3, -0.25) is 4.90 Å². The first-order valence-corrected chi connectivity index (χ1v) is 10.1. The summed E-state index contributed by atoms with van der Waals surface area (Å²) in [5.74, 6) is 1.62. The number of fused-ring (bicyclic) bond motifs is 2. The van der Waals surface area contributed by atoms with E-state index in [9.17, 15) is 4.79 Å². The van der Waals surface area contributed by atoms with E-state index in [4.69, 9.17) is 25.5 Å². The molecule has 0 bridgehead atoms. The second-order valence-corrected chi connectivity index (χ2v) is 7.96. The minimum Gasteiger partial charge on any atom is -0.454 e. The molecule has 2 aliphatic rings. The first-order chi connectivity index (χ1) is 14.1. The molecule has 0 aliphatic carbocycles. The molecule has 0 amide bonds. The van der Waals surface area contributed by atoms with Gasteiger partial charge in [-0.1, -0.05) is 17.7 Å². The summed E-state index contributed by atoms with van der Waals surface area (Å²) in [4.78, 5) is 14.4. The van der Waals surface area contributed by atoms with Crippen molar-refractivity contribution in [1.29, 1.82) is 0 Å². The smallest absolute Gasteiger partial charge is 0.338 e. The van der Waals surface area contributed by atoms with Gasteiger partial charge in [-0.25, -0.2) is 4.79 Å². The maximum atomic E-state index is 12.0. The van der Waals surface area contributed by atoms with Gasteiger partial charge in [0, 0.05) is 35.6 Å². The summed E-state index contributed by atoms with van der Waals surface area (Å²) in [6, 6.07) is 13.1. The zero-order chi connectivity index (χ0) is 19.8. The molecule has 29 heavy (non-hydrogen) atoms. The van der Waals surface area contributed by atoms with Crippen molar-refractivity contribution in [3.05, 3.63) is 63.5 Å². The van der Waals surface area contributed by atoms with Gasteiger partial charge in [0.1, 0.15) is 5.58 Å². The molecule has 1 aromatic heterocycles. The van der Waals surface area contributed by atoms with Crippen molar-refractivity contribution in [2.75, 3.05) is 25.2 Å². The Balaban J connectivity index is 1.32. The Morgan fingerprint density at radius 2 is 2.00 bits per heavy atom. The summed E-state index contributed by atoms with van der Waals surface area (Å²) >= 11 is 6.15. The van der Waals surface area contributed by atoms with E-state index in [-0.39, 0.29) is 18.5 Å². The molecule has 1 fully saturated rings. The lowest BCUT2D eigenvalue weighted by molar-refractivity contribution is 0.173. The van der Waals surface area contributed by atoms with Crippen LogP contribution in [-0.2, 0) is 6.54 Å².